The van der Waals surface area contributed by atoms with Crippen LogP contribution in [-0.4, -0.2) is 15.9 Å². The molecular weight excluding hydrogens is 387 g/mol. The Balaban J connectivity index is 1.45. The maximum atomic E-state index is 13.0. The van der Waals surface area contributed by atoms with Gasteiger partial charge in [-0.25, -0.2) is 14.2 Å². The van der Waals surface area contributed by atoms with Crippen molar-refractivity contribution in [2.45, 2.75) is 6.61 Å². The van der Waals surface area contributed by atoms with Crippen LogP contribution in [0.4, 0.5) is 10.1 Å². The molecule has 0 bridgehead atoms. The monoisotopic (exact) mass is 398 g/mol. The zero-order chi connectivity index (χ0) is 19.7. The molecule has 0 aliphatic heterocycles. The number of nitro benzene ring substituents is 1. The molecule has 0 N–H and O–H groups in total. The van der Waals surface area contributed by atoms with Crippen LogP contribution < -0.4 is 0 Å². The Morgan fingerprint density at radius 1 is 1.21 bits per heavy atom. The number of carbonyl (C=O) groups is 1. The fourth-order valence-electron chi connectivity index (χ4n) is 2.57. The number of non-ortho nitro benzene ring substituents is 1. The summed E-state index contributed by atoms with van der Waals surface area (Å²) in [7, 11) is 0. The first-order chi connectivity index (χ1) is 13.5. The Bertz CT molecular complexity index is 1180. The third-order valence-electron chi connectivity index (χ3n) is 3.92. The number of fused-ring (bicyclic) bond motifs is 1. The largest absolute Gasteiger partial charge is 0.451 e. The molecular formula is C19H11FN2O5S. The molecule has 28 heavy (non-hydrogen) atoms. The van der Waals surface area contributed by atoms with Crippen molar-refractivity contribution >= 4 is 33.1 Å². The van der Waals surface area contributed by atoms with Crippen molar-refractivity contribution in [1.82, 2.24) is 4.98 Å². The summed E-state index contributed by atoms with van der Waals surface area (Å²) in [6.07, 6.45) is 1.47. The number of ether oxygens (including phenoxy) is 1. The summed E-state index contributed by atoms with van der Waals surface area (Å²) in [5, 5.41) is 11.4. The van der Waals surface area contributed by atoms with Crippen molar-refractivity contribution in [3.8, 4) is 11.3 Å². The van der Waals surface area contributed by atoms with E-state index >= 15 is 0 Å². The maximum Gasteiger partial charge on any atom is 0.348 e. The van der Waals surface area contributed by atoms with Crippen LogP contribution in [0.5, 0.6) is 0 Å². The van der Waals surface area contributed by atoms with Crippen LogP contribution in [0.15, 0.2) is 59.1 Å². The van der Waals surface area contributed by atoms with Gasteiger partial charge in [-0.3, -0.25) is 10.1 Å². The molecule has 0 radical (unpaired) electrons. The molecule has 0 amide bonds. The maximum absolute atomic E-state index is 13.0. The number of esters is 1. The summed E-state index contributed by atoms with van der Waals surface area (Å²) >= 11 is 1.18. The van der Waals surface area contributed by atoms with Gasteiger partial charge in [0, 0.05) is 27.8 Å². The van der Waals surface area contributed by atoms with Crippen LogP contribution in [0.2, 0.25) is 0 Å². The highest BCUT2D eigenvalue weighted by Crippen LogP contribution is 2.29. The van der Waals surface area contributed by atoms with Crippen LogP contribution >= 0.6 is 11.3 Å². The molecule has 0 aliphatic carbocycles. The Labute approximate surface area is 161 Å². The van der Waals surface area contributed by atoms with Crippen LogP contribution in [0.25, 0.3) is 21.4 Å². The molecule has 0 atom stereocenters. The molecule has 9 heteroatoms. The number of thiophene rings is 1. The minimum absolute atomic E-state index is 0.0432. The van der Waals surface area contributed by atoms with E-state index in [2.05, 4.69) is 4.98 Å². The second kappa shape index (κ2) is 7.20. The van der Waals surface area contributed by atoms with Crippen molar-refractivity contribution in [3.05, 3.63) is 81.4 Å². The smallest absolute Gasteiger partial charge is 0.348 e. The first-order valence-corrected chi connectivity index (χ1v) is 8.87. The summed E-state index contributed by atoms with van der Waals surface area (Å²) < 4.78 is 24.4. The summed E-state index contributed by atoms with van der Waals surface area (Å²) in [5.74, 6) is -0.305. The van der Waals surface area contributed by atoms with Crippen molar-refractivity contribution in [2.24, 2.45) is 0 Å². The Kier molecular flexibility index (Phi) is 4.58. The molecule has 7 nitrogen and oxygen atoms in total. The lowest BCUT2D eigenvalue weighted by molar-refractivity contribution is -0.384. The van der Waals surface area contributed by atoms with Crippen LogP contribution in [0, 0.1) is 15.9 Å². The topological polar surface area (TPSA) is 95.5 Å². The van der Waals surface area contributed by atoms with E-state index in [1.165, 1.54) is 41.8 Å². The lowest BCUT2D eigenvalue weighted by atomic mass is 10.2. The number of hydrogen-bond donors (Lipinski definition) is 0. The normalized spacial score (nSPS) is 10.9. The predicted octanol–water partition coefficient (Wildman–Crippen LogP) is 4.96. The predicted molar refractivity (Wildman–Crippen MR) is 99.5 cm³/mol. The quantitative estimate of drug-likeness (QED) is 0.268. The highest BCUT2D eigenvalue weighted by atomic mass is 32.1. The van der Waals surface area contributed by atoms with Gasteiger partial charge >= 0.3 is 5.97 Å². The number of nitrogens with zero attached hydrogens (tertiary/aromatic N) is 2. The summed E-state index contributed by atoms with van der Waals surface area (Å²) in [5.41, 5.74) is 0.607. The summed E-state index contributed by atoms with van der Waals surface area (Å²) in [4.78, 5) is 27.0. The Morgan fingerprint density at radius 2 is 2.00 bits per heavy atom. The van der Waals surface area contributed by atoms with Gasteiger partial charge in [0.2, 0.25) is 5.89 Å². The van der Waals surface area contributed by atoms with E-state index in [9.17, 15) is 19.3 Å². The van der Waals surface area contributed by atoms with Gasteiger partial charge in [-0.2, -0.15) is 0 Å². The molecule has 2 aromatic heterocycles. The average molecular weight is 398 g/mol. The van der Waals surface area contributed by atoms with E-state index in [0.29, 0.717) is 21.6 Å². The number of carbonyl (C=O) groups excluding carboxylic acids is 1. The van der Waals surface area contributed by atoms with Crippen molar-refractivity contribution in [1.29, 1.82) is 0 Å². The molecule has 0 unspecified atom stereocenters. The number of rotatable bonds is 5. The number of halogens is 1. The molecule has 0 spiro atoms. The van der Waals surface area contributed by atoms with Crippen LogP contribution in [0.1, 0.15) is 15.6 Å². The van der Waals surface area contributed by atoms with E-state index in [-0.39, 0.29) is 24.0 Å². The molecule has 140 valence electrons. The Morgan fingerprint density at radius 3 is 2.75 bits per heavy atom. The highest BCUT2D eigenvalue weighted by Gasteiger charge is 2.16. The van der Waals surface area contributed by atoms with E-state index in [1.807, 2.05) is 0 Å². The van der Waals surface area contributed by atoms with Gasteiger partial charge in [-0.1, -0.05) is 0 Å². The number of benzene rings is 2. The lowest BCUT2D eigenvalue weighted by Gasteiger charge is -1.99. The van der Waals surface area contributed by atoms with Gasteiger partial charge in [0.1, 0.15) is 10.7 Å². The second-order valence-corrected chi connectivity index (χ2v) is 6.87. The van der Waals surface area contributed by atoms with Gasteiger partial charge < -0.3 is 9.15 Å². The van der Waals surface area contributed by atoms with Gasteiger partial charge in [0.15, 0.2) is 12.4 Å². The fourth-order valence-corrected chi connectivity index (χ4v) is 3.50. The summed E-state index contributed by atoms with van der Waals surface area (Å²) in [6, 6.07) is 11.7. The molecule has 2 heterocycles. The first kappa shape index (κ1) is 17.8. The van der Waals surface area contributed by atoms with E-state index < -0.39 is 10.9 Å². The number of oxazole rings is 1. The van der Waals surface area contributed by atoms with Crippen molar-refractivity contribution < 1.29 is 23.3 Å². The molecule has 0 saturated heterocycles. The fraction of sp³-hybridized carbons (Fsp3) is 0.0526. The second-order valence-electron chi connectivity index (χ2n) is 5.79. The van der Waals surface area contributed by atoms with E-state index in [0.717, 1.165) is 4.70 Å². The molecule has 0 saturated carbocycles. The standard InChI is InChI=1S/C19H11FN2O5S/c20-13-3-1-11(2-4-13)15-9-21-18(27-15)10-26-19(23)17-8-12-7-14(22(24)25)5-6-16(12)28-17/h1-9H,10H2. The summed E-state index contributed by atoms with van der Waals surface area (Å²) in [6.45, 7) is -0.172. The zero-order valence-electron chi connectivity index (χ0n) is 14.1. The van der Waals surface area contributed by atoms with Crippen LogP contribution in [-0.2, 0) is 11.3 Å². The van der Waals surface area contributed by atoms with Gasteiger partial charge in [0.05, 0.1) is 11.1 Å². The lowest BCUT2D eigenvalue weighted by Crippen LogP contribution is -2.03. The number of nitro groups is 1. The molecule has 2 aromatic carbocycles. The number of hydrogen-bond acceptors (Lipinski definition) is 7. The average Bonchev–Trinajstić information content (AvgIpc) is 3.33. The SMILES string of the molecule is O=C(OCc1ncc(-c2ccc(F)cc2)o1)c1cc2cc([N+](=O)[O-])ccc2s1. The first-order valence-electron chi connectivity index (χ1n) is 8.05. The molecule has 0 fully saturated rings. The number of aromatic nitrogens is 1. The molecule has 4 rings (SSSR count). The third kappa shape index (κ3) is 3.60. The Hall–Kier alpha value is -3.59. The minimum atomic E-state index is -0.578. The molecule has 0 aliphatic rings. The third-order valence-corrected chi connectivity index (χ3v) is 5.02. The highest BCUT2D eigenvalue weighted by molar-refractivity contribution is 7.20. The minimum Gasteiger partial charge on any atom is -0.451 e. The van der Waals surface area contributed by atoms with Gasteiger partial charge in [-0.15, -0.1) is 11.3 Å². The van der Waals surface area contributed by atoms with Crippen molar-refractivity contribution in [3.63, 3.8) is 0 Å². The zero-order valence-corrected chi connectivity index (χ0v) is 14.9. The van der Waals surface area contributed by atoms with Gasteiger partial charge in [0.25, 0.3) is 5.69 Å². The van der Waals surface area contributed by atoms with E-state index in [1.54, 1.807) is 24.3 Å². The van der Waals surface area contributed by atoms with E-state index in [4.69, 9.17) is 9.15 Å². The molecule has 4 aromatic rings. The van der Waals surface area contributed by atoms with Crippen molar-refractivity contribution in [2.75, 3.05) is 0 Å². The van der Waals surface area contributed by atoms with Gasteiger partial charge in [-0.05, 0) is 36.4 Å². The van der Waals surface area contributed by atoms with Crippen LogP contribution in [0.3, 0.4) is 0 Å².